The number of nitrogens with zero attached hydrogens (tertiary/aromatic N) is 4. The van der Waals surface area contributed by atoms with Crippen LogP contribution in [0.5, 0.6) is 0 Å². The molecule has 8 nitrogen and oxygen atoms in total. The SMILES string of the molecule is Cc1ccc(NC(=O)c2cccc(C(F)(F)F)c2)cc1Nc1ncnc2nc(NC3CC3)ncc12. The molecular weight excluding hydrogens is 459 g/mol. The van der Waals surface area contributed by atoms with Gasteiger partial charge in [0.1, 0.15) is 12.1 Å². The number of hydrogen-bond acceptors (Lipinski definition) is 7. The van der Waals surface area contributed by atoms with Crippen molar-refractivity contribution in [2.45, 2.75) is 32.0 Å². The Labute approximate surface area is 198 Å². The number of aromatic nitrogens is 4. The number of hydrogen-bond donors (Lipinski definition) is 3. The molecule has 1 saturated carbocycles. The summed E-state index contributed by atoms with van der Waals surface area (Å²) in [7, 11) is 0. The molecule has 1 amide bonds. The van der Waals surface area contributed by atoms with E-state index in [2.05, 4.69) is 35.9 Å². The molecule has 178 valence electrons. The highest BCUT2D eigenvalue weighted by Crippen LogP contribution is 2.31. The van der Waals surface area contributed by atoms with Gasteiger partial charge in [-0.05, 0) is 55.7 Å². The molecule has 0 unspecified atom stereocenters. The number of halogens is 3. The lowest BCUT2D eigenvalue weighted by molar-refractivity contribution is -0.137. The predicted molar refractivity (Wildman–Crippen MR) is 126 cm³/mol. The summed E-state index contributed by atoms with van der Waals surface area (Å²) in [6.45, 7) is 1.87. The number of amides is 1. The molecule has 2 aromatic carbocycles. The summed E-state index contributed by atoms with van der Waals surface area (Å²) in [5.41, 5.74) is 1.42. The van der Waals surface area contributed by atoms with Gasteiger partial charge in [0.05, 0.1) is 10.9 Å². The minimum atomic E-state index is -4.53. The van der Waals surface area contributed by atoms with E-state index in [1.54, 1.807) is 24.4 Å². The first-order valence-corrected chi connectivity index (χ1v) is 10.9. The van der Waals surface area contributed by atoms with E-state index in [1.165, 1.54) is 18.5 Å². The van der Waals surface area contributed by atoms with Crippen LogP contribution in [0.2, 0.25) is 0 Å². The van der Waals surface area contributed by atoms with Crippen LogP contribution in [-0.2, 0) is 6.18 Å². The second kappa shape index (κ2) is 8.82. The maximum atomic E-state index is 13.0. The van der Waals surface area contributed by atoms with E-state index >= 15 is 0 Å². The van der Waals surface area contributed by atoms with E-state index in [4.69, 9.17) is 0 Å². The number of benzene rings is 2. The van der Waals surface area contributed by atoms with Gasteiger partial charge in [0.25, 0.3) is 5.91 Å². The van der Waals surface area contributed by atoms with Crippen molar-refractivity contribution in [2.75, 3.05) is 16.0 Å². The Hall–Kier alpha value is -4.28. The van der Waals surface area contributed by atoms with Crippen LogP contribution in [0.3, 0.4) is 0 Å². The molecule has 35 heavy (non-hydrogen) atoms. The number of alkyl halides is 3. The zero-order valence-electron chi connectivity index (χ0n) is 18.5. The summed E-state index contributed by atoms with van der Waals surface area (Å²) in [6.07, 6.45) is 0.697. The Bertz CT molecular complexity index is 1420. The van der Waals surface area contributed by atoms with Crippen LogP contribution >= 0.6 is 0 Å². The van der Waals surface area contributed by atoms with Crippen molar-refractivity contribution in [3.63, 3.8) is 0 Å². The number of carbonyl (C=O) groups excluding carboxylic acids is 1. The standard InChI is InChI=1S/C24H20F3N7O/c1-13-5-6-17(31-22(35)14-3-2-4-15(9-14)24(25,26)27)10-19(13)33-20-18-11-28-23(32-16-7-8-16)34-21(18)30-12-29-20/h2-6,9-12,16H,7-8H2,1H3,(H,31,35)(H2,28,29,30,32,33,34). The van der Waals surface area contributed by atoms with Crippen LogP contribution in [0.25, 0.3) is 11.0 Å². The normalized spacial score (nSPS) is 13.5. The zero-order chi connectivity index (χ0) is 24.6. The average Bonchev–Trinajstić information content (AvgIpc) is 3.65. The Balaban J connectivity index is 1.37. The Morgan fingerprint density at radius 2 is 1.89 bits per heavy atom. The highest BCUT2D eigenvalue weighted by atomic mass is 19.4. The molecule has 2 heterocycles. The van der Waals surface area contributed by atoms with Gasteiger partial charge in [0, 0.05) is 29.2 Å². The van der Waals surface area contributed by atoms with Crippen molar-refractivity contribution in [2.24, 2.45) is 0 Å². The number of anilines is 4. The maximum Gasteiger partial charge on any atom is 0.416 e. The lowest BCUT2D eigenvalue weighted by Crippen LogP contribution is -2.14. The highest BCUT2D eigenvalue weighted by Gasteiger charge is 2.31. The maximum absolute atomic E-state index is 13.0. The third-order valence-corrected chi connectivity index (χ3v) is 5.50. The molecule has 0 spiro atoms. The summed E-state index contributed by atoms with van der Waals surface area (Å²) in [6, 6.07) is 9.81. The first-order valence-electron chi connectivity index (χ1n) is 10.9. The summed E-state index contributed by atoms with van der Waals surface area (Å²) in [5.74, 6) is 0.347. The zero-order valence-corrected chi connectivity index (χ0v) is 18.5. The number of carbonyl (C=O) groups is 1. The van der Waals surface area contributed by atoms with Crippen molar-refractivity contribution in [3.8, 4) is 0 Å². The summed E-state index contributed by atoms with van der Waals surface area (Å²) < 4.78 is 39.0. The van der Waals surface area contributed by atoms with Crippen LogP contribution in [0.1, 0.15) is 34.3 Å². The molecule has 1 aliphatic rings. The molecule has 0 radical (unpaired) electrons. The van der Waals surface area contributed by atoms with E-state index in [-0.39, 0.29) is 5.56 Å². The molecule has 0 bridgehead atoms. The van der Waals surface area contributed by atoms with Gasteiger partial charge in [-0.15, -0.1) is 0 Å². The number of nitrogens with one attached hydrogen (secondary N) is 3. The molecule has 0 saturated heterocycles. The van der Waals surface area contributed by atoms with Crippen molar-refractivity contribution in [3.05, 3.63) is 71.7 Å². The molecule has 0 aliphatic heterocycles. The van der Waals surface area contributed by atoms with E-state index in [9.17, 15) is 18.0 Å². The fourth-order valence-corrected chi connectivity index (χ4v) is 3.43. The number of aryl methyl sites for hydroxylation is 1. The average molecular weight is 479 g/mol. The quantitative estimate of drug-likeness (QED) is 0.344. The fourth-order valence-electron chi connectivity index (χ4n) is 3.43. The Morgan fingerprint density at radius 1 is 1.06 bits per heavy atom. The van der Waals surface area contributed by atoms with Crippen LogP contribution in [0.15, 0.2) is 55.0 Å². The van der Waals surface area contributed by atoms with E-state index < -0.39 is 17.6 Å². The fraction of sp³-hybridized carbons (Fsp3) is 0.208. The van der Waals surface area contributed by atoms with Gasteiger partial charge in [-0.25, -0.2) is 15.0 Å². The highest BCUT2D eigenvalue weighted by molar-refractivity contribution is 6.04. The molecule has 3 N–H and O–H groups in total. The lowest BCUT2D eigenvalue weighted by atomic mass is 10.1. The van der Waals surface area contributed by atoms with Gasteiger partial charge in [-0.1, -0.05) is 12.1 Å². The van der Waals surface area contributed by atoms with Crippen LogP contribution in [0.4, 0.5) is 36.3 Å². The molecule has 0 atom stereocenters. The van der Waals surface area contributed by atoms with Gasteiger partial charge >= 0.3 is 6.18 Å². The second-order valence-electron chi connectivity index (χ2n) is 8.26. The first kappa shape index (κ1) is 22.5. The van der Waals surface area contributed by atoms with Crippen molar-refractivity contribution in [1.29, 1.82) is 0 Å². The molecule has 5 rings (SSSR count). The van der Waals surface area contributed by atoms with E-state index in [0.29, 0.717) is 40.2 Å². The molecule has 2 aromatic heterocycles. The summed E-state index contributed by atoms with van der Waals surface area (Å²) in [4.78, 5) is 29.9. The smallest absolute Gasteiger partial charge is 0.351 e. The molecule has 1 aliphatic carbocycles. The van der Waals surface area contributed by atoms with Gasteiger partial charge < -0.3 is 16.0 Å². The molecule has 4 aromatic rings. The largest absolute Gasteiger partial charge is 0.416 e. The van der Waals surface area contributed by atoms with Crippen LogP contribution in [0, 0.1) is 6.92 Å². The van der Waals surface area contributed by atoms with Crippen LogP contribution < -0.4 is 16.0 Å². The Kier molecular flexibility index (Phi) is 5.67. The van der Waals surface area contributed by atoms with E-state index in [1.807, 2.05) is 6.92 Å². The summed E-state index contributed by atoms with van der Waals surface area (Å²) >= 11 is 0. The van der Waals surface area contributed by atoms with Gasteiger partial charge in [0.15, 0.2) is 5.65 Å². The molecule has 1 fully saturated rings. The van der Waals surface area contributed by atoms with Gasteiger partial charge in [-0.3, -0.25) is 4.79 Å². The van der Waals surface area contributed by atoms with Gasteiger partial charge in [0.2, 0.25) is 5.95 Å². The van der Waals surface area contributed by atoms with Crippen molar-refractivity contribution >= 4 is 40.1 Å². The minimum Gasteiger partial charge on any atom is -0.351 e. The van der Waals surface area contributed by atoms with Crippen LogP contribution in [-0.4, -0.2) is 31.9 Å². The number of fused-ring (bicyclic) bond motifs is 1. The molecule has 11 heteroatoms. The van der Waals surface area contributed by atoms with Crippen molar-refractivity contribution < 1.29 is 18.0 Å². The number of rotatable bonds is 6. The Morgan fingerprint density at radius 3 is 2.66 bits per heavy atom. The minimum absolute atomic E-state index is 0.0931. The summed E-state index contributed by atoms with van der Waals surface area (Å²) in [5, 5.41) is 9.71. The monoisotopic (exact) mass is 479 g/mol. The topological polar surface area (TPSA) is 105 Å². The third-order valence-electron chi connectivity index (χ3n) is 5.50. The molecular formula is C24H20F3N7O. The van der Waals surface area contributed by atoms with Gasteiger partial charge in [-0.2, -0.15) is 18.2 Å². The lowest BCUT2D eigenvalue weighted by Gasteiger charge is -2.14. The second-order valence-corrected chi connectivity index (χ2v) is 8.26. The van der Waals surface area contributed by atoms with E-state index in [0.717, 1.165) is 30.5 Å². The first-order chi connectivity index (χ1) is 16.8. The predicted octanol–water partition coefficient (Wildman–Crippen LogP) is 5.32. The third kappa shape index (κ3) is 5.13. The van der Waals surface area contributed by atoms with Crippen molar-refractivity contribution in [1.82, 2.24) is 19.9 Å².